The number of thiazole rings is 1. The molecule has 0 bridgehead atoms. The Bertz CT molecular complexity index is 1610. The molecule has 37 heavy (non-hydrogen) atoms. The van der Waals surface area contributed by atoms with E-state index in [9.17, 15) is 14.7 Å². The van der Waals surface area contributed by atoms with Gasteiger partial charge in [-0.25, -0.2) is 4.98 Å². The van der Waals surface area contributed by atoms with Gasteiger partial charge in [-0.3, -0.25) is 14.5 Å². The predicted molar refractivity (Wildman–Crippen MR) is 145 cm³/mol. The van der Waals surface area contributed by atoms with Gasteiger partial charge in [-0.15, -0.1) is 0 Å². The minimum absolute atomic E-state index is 0.104. The number of hydrogen-bond acceptors (Lipinski definition) is 7. The minimum Gasteiger partial charge on any atom is -0.507 e. The third kappa shape index (κ3) is 4.31. The van der Waals surface area contributed by atoms with Crippen molar-refractivity contribution in [3.63, 3.8) is 0 Å². The molecule has 0 saturated carbocycles. The molecular weight excluding hydrogens is 535 g/mol. The zero-order valence-electron chi connectivity index (χ0n) is 19.9. The van der Waals surface area contributed by atoms with Crippen LogP contribution in [0.1, 0.15) is 22.7 Å². The van der Waals surface area contributed by atoms with E-state index >= 15 is 0 Å². The second-order valence-corrected chi connectivity index (χ2v) is 10.2. The monoisotopic (exact) mass is 554 g/mol. The van der Waals surface area contributed by atoms with Gasteiger partial charge in [0.15, 0.2) is 5.13 Å². The van der Waals surface area contributed by atoms with E-state index < -0.39 is 23.5 Å². The van der Waals surface area contributed by atoms with E-state index in [4.69, 9.17) is 32.7 Å². The van der Waals surface area contributed by atoms with Crippen LogP contribution >= 0.6 is 34.5 Å². The molecule has 1 aliphatic rings. The molecule has 1 N–H and O–H groups in total. The number of benzene rings is 3. The quantitative estimate of drug-likeness (QED) is 0.171. The topological polar surface area (TPSA) is 89.0 Å². The SMILES string of the molecule is COc1cc(OC)c(/C(O)=C2\C(=O)C(=O)N(c3nc4ccc(Cl)cc4s3)C2c2cccc(C)c2)cc1Cl. The van der Waals surface area contributed by atoms with Gasteiger partial charge >= 0.3 is 5.91 Å². The molecule has 7 nitrogen and oxygen atoms in total. The molecule has 5 rings (SSSR count). The average molecular weight is 555 g/mol. The fraction of sp³-hybridized carbons (Fsp3) is 0.148. The van der Waals surface area contributed by atoms with Crippen LogP contribution in [0.5, 0.6) is 11.5 Å². The number of ketones is 1. The van der Waals surface area contributed by atoms with Crippen molar-refractivity contribution in [1.82, 2.24) is 4.98 Å². The summed E-state index contributed by atoms with van der Waals surface area (Å²) >= 11 is 13.7. The van der Waals surface area contributed by atoms with Gasteiger partial charge in [0, 0.05) is 11.1 Å². The molecule has 1 aromatic heterocycles. The third-order valence-corrected chi connectivity index (χ3v) is 7.62. The number of aliphatic hydroxyl groups is 1. The molecule has 1 fully saturated rings. The van der Waals surface area contributed by atoms with Gasteiger partial charge in [-0.2, -0.15) is 0 Å². The normalized spacial score (nSPS) is 17.0. The lowest BCUT2D eigenvalue weighted by molar-refractivity contribution is -0.132. The summed E-state index contributed by atoms with van der Waals surface area (Å²) in [6.07, 6.45) is 0. The highest BCUT2D eigenvalue weighted by molar-refractivity contribution is 7.22. The molecular formula is C27H20Cl2N2O5S. The number of aryl methyl sites for hydroxylation is 1. The Morgan fingerprint density at radius 2 is 1.78 bits per heavy atom. The summed E-state index contributed by atoms with van der Waals surface area (Å²) in [5.41, 5.74) is 2.24. The Hall–Kier alpha value is -3.59. The standard InChI is InChI=1S/C27H20Cl2N2O5S/c1-13-5-4-6-14(9-13)23-22(24(32)16-11-17(29)20(36-3)12-19(16)35-2)25(33)26(34)31(23)27-30-18-8-7-15(28)10-21(18)37-27/h4-12,23,32H,1-3H3/b24-22+. The van der Waals surface area contributed by atoms with Crippen LogP contribution in [0.3, 0.4) is 0 Å². The highest BCUT2D eigenvalue weighted by Crippen LogP contribution is 2.46. The lowest BCUT2D eigenvalue weighted by Gasteiger charge is -2.23. The van der Waals surface area contributed by atoms with Crippen molar-refractivity contribution < 1.29 is 24.2 Å². The van der Waals surface area contributed by atoms with Crippen molar-refractivity contribution in [3.8, 4) is 11.5 Å². The molecule has 0 aliphatic carbocycles. The number of aliphatic hydroxyl groups excluding tert-OH is 1. The van der Waals surface area contributed by atoms with Gasteiger partial charge in [0.05, 0.1) is 46.6 Å². The number of ether oxygens (including phenoxy) is 2. The van der Waals surface area contributed by atoms with Crippen LogP contribution in [0.15, 0.2) is 60.2 Å². The number of carbonyl (C=O) groups excluding carboxylic acids is 2. The molecule has 1 aliphatic heterocycles. The van der Waals surface area contributed by atoms with Gasteiger partial charge in [-0.05, 0) is 36.8 Å². The molecule has 1 unspecified atom stereocenters. The lowest BCUT2D eigenvalue weighted by atomic mass is 9.94. The zero-order chi connectivity index (χ0) is 26.4. The first-order valence-electron chi connectivity index (χ1n) is 11.1. The van der Waals surface area contributed by atoms with Gasteiger partial charge in [0.25, 0.3) is 5.78 Å². The summed E-state index contributed by atoms with van der Waals surface area (Å²) in [7, 11) is 2.87. The molecule has 0 radical (unpaired) electrons. The Morgan fingerprint density at radius 1 is 1.03 bits per heavy atom. The number of aromatic nitrogens is 1. The van der Waals surface area contributed by atoms with Crippen LogP contribution in [0, 0.1) is 6.92 Å². The van der Waals surface area contributed by atoms with Crippen LogP contribution in [0.2, 0.25) is 10.0 Å². The Morgan fingerprint density at radius 3 is 2.49 bits per heavy atom. The summed E-state index contributed by atoms with van der Waals surface area (Å²) < 4.78 is 11.4. The van der Waals surface area contributed by atoms with E-state index in [0.29, 0.717) is 27.0 Å². The molecule has 1 atom stereocenters. The van der Waals surface area contributed by atoms with Crippen molar-refractivity contribution in [2.45, 2.75) is 13.0 Å². The van der Waals surface area contributed by atoms with Gasteiger partial charge < -0.3 is 14.6 Å². The number of carbonyl (C=O) groups is 2. The number of rotatable bonds is 5. The first-order valence-corrected chi connectivity index (χ1v) is 12.7. The number of anilines is 1. The number of hydrogen-bond donors (Lipinski definition) is 1. The number of Topliss-reactive ketones (excluding diaryl/α,β-unsaturated/α-hetero) is 1. The van der Waals surface area contributed by atoms with Crippen molar-refractivity contribution in [2.75, 3.05) is 19.1 Å². The highest BCUT2D eigenvalue weighted by Gasteiger charge is 2.48. The van der Waals surface area contributed by atoms with Crippen LogP contribution in [0.4, 0.5) is 5.13 Å². The van der Waals surface area contributed by atoms with Crippen molar-refractivity contribution in [3.05, 3.63) is 86.9 Å². The van der Waals surface area contributed by atoms with E-state index in [2.05, 4.69) is 4.98 Å². The molecule has 1 saturated heterocycles. The summed E-state index contributed by atoms with van der Waals surface area (Å²) in [4.78, 5) is 32.9. The Labute approximate surface area is 226 Å². The average Bonchev–Trinajstić information content (AvgIpc) is 3.41. The van der Waals surface area contributed by atoms with Gasteiger partial charge in [0.1, 0.15) is 17.3 Å². The largest absolute Gasteiger partial charge is 0.507 e. The molecule has 0 spiro atoms. The summed E-state index contributed by atoms with van der Waals surface area (Å²) in [6, 6.07) is 14.6. The second kappa shape index (κ2) is 9.70. The highest BCUT2D eigenvalue weighted by atomic mass is 35.5. The number of amides is 1. The van der Waals surface area contributed by atoms with E-state index in [1.165, 1.54) is 42.6 Å². The summed E-state index contributed by atoms with van der Waals surface area (Å²) in [5, 5.41) is 12.6. The smallest absolute Gasteiger partial charge is 0.301 e. The molecule has 10 heteroatoms. The molecule has 4 aromatic rings. The van der Waals surface area contributed by atoms with Crippen LogP contribution < -0.4 is 14.4 Å². The van der Waals surface area contributed by atoms with Crippen molar-refractivity contribution in [1.29, 1.82) is 0 Å². The number of halogens is 2. The maximum absolute atomic E-state index is 13.5. The van der Waals surface area contributed by atoms with E-state index in [1.54, 1.807) is 24.3 Å². The number of fused-ring (bicyclic) bond motifs is 1. The maximum atomic E-state index is 13.5. The molecule has 1 amide bonds. The number of nitrogens with zero attached hydrogens (tertiary/aromatic N) is 2. The summed E-state index contributed by atoms with van der Waals surface area (Å²) in [5.74, 6) is -1.52. The van der Waals surface area contributed by atoms with E-state index in [1.807, 2.05) is 25.1 Å². The van der Waals surface area contributed by atoms with Gasteiger partial charge in [-0.1, -0.05) is 64.4 Å². The minimum atomic E-state index is -0.943. The van der Waals surface area contributed by atoms with E-state index in [-0.39, 0.29) is 21.9 Å². The fourth-order valence-corrected chi connectivity index (χ4v) is 5.87. The molecule has 3 aromatic carbocycles. The van der Waals surface area contributed by atoms with Crippen LogP contribution in [0.25, 0.3) is 16.0 Å². The summed E-state index contributed by atoms with van der Waals surface area (Å²) in [6.45, 7) is 1.90. The maximum Gasteiger partial charge on any atom is 0.301 e. The van der Waals surface area contributed by atoms with Crippen molar-refractivity contribution >= 4 is 67.3 Å². The van der Waals surface area contributed by atoms with Crippen LogP contribution in [-0.4, -0.2) is 36.0 Å². The lowest BCUT2D eigenvalue weighted by Crippen LogP contribution is -2.29. The Kier molecular flexibility index (Phi) is 6.58. The predicted octanol–water partition coefficient (Wildman–Crippen LogP) is 6.56. The van der Waals surface area contributed by atoms with E-state index in [0.717, 1.165) is 10.3 Å². The first kappa shape index (κ1) is 25.1. The first-order chi connectivity index (χ1) is 17.7. The Balaban J connectivity index is 1.76. The number of methoxy groups -OCH3 is 2. The van der Waals surface area contributed by atoms with Gasteiger partial charge in [0.2, 0.25) is 0 Å². The molecule has 188 valence electrons. The fourth-order valence-electron chi connectivity index (χ4n) is 4.36. The second-order valence-electron chi connectivity index (χ2n) is 8.38. The van der Waals surface area contributed by atoms with Crippen molar-refractivity contribution in [2.24, 2.45) is 0 Å². The zero-order valence-corrected chi connectivity index (χ0v) is 22.2. The van der Waals surface area contributed by atoms with Crippen LogP contribution in [-0.2, 0) is 9.59 Å². The molecule has 2 heterocycles. The third-order valence-electron chi connectivity index (χ3n) is 6.08.